The maximum atomic E-state index is 13.4. The van der Waals surface area contributed by atoms with Gasteiger partial charge in [0, 0.05) is 49.3 Å². The molecule has 2 fully saturated rings. The molecule has 1 aromatic heterocycles. The molecule has 0 radical (unpaired) electrons. The SMILES string of the molecule is CCn1cnc2cc(C(=O)N3CCC4(CCCCOC[C@@H]5CCCN5C(=O)c5cccc(c5)OC4)CC3)ccc21. The second-order valence-electron chi connectivity index (χ2n) is 11.7. The lowest BCUT2D eigenvalue weighted by molar-refractivity contribution is 0.0332. The Hall–Kier alpha value is -3.39. The molecular formula is C32H40N4O4. The number of carbonyl (C=O) groups excluding carboxylic acids is 2. The lowest BCUT2D eigenvalue weighted by Gasteiger charge is -2.42. The van der Waals surface area contributed by atoms with Gasteiger partial charge in [0.2, 0.25) is 0 Å². The van der Waals surface area contributed by atoms with Crippen molar-refractivity contribution < 1.29 is 19.1 Å². The van der Waals surface area contributed by atoms with Crippen molar-refractivity contribution in [1.82, 2.24) is 19.4 Å². The number of hydrogen-bond acceptors (Lipinski definition) is 5. The number of benzene rings is 2. The Morgan fingerprint density at radius 3 is 2.77 bits per heavy atom. The highest BCUT2D eigenvalue weighted by molar-refractivity contribution is 5.97. The molecule has 2 aromatic carbocycles. The van der Waals surface area contributed by atoms with Crippen LogP contribution in [0.15, 0.2) is 48.8 Å². The summed E-state index contributed by atoms with van der Waals surface area (Å²) >= 11 is 0. The Morgan fingerprint density at radius 2 is 1.93 bits per heavy atom. The van der Waals surface area contributed by atoms with Gasteiger partial charge in [-0.25, -0.2) is 4.98 Å². The van der Waals surface area contributed by atoms with Gasteiger partial charge in [-0.1, -0.05) is 12.5 Å². The number of imidazole rings is 1. The summed E-state index contributed by atoms with van der Waals surface area (Å²) in [5.74, 6) is 0.874. The van der Waals surface area contributed by atoms with Crippen molar-refractivity contribution in [2.75, 3.05) is 39.5 Å². The van der Waals surface area contributed by atoms with E-state index in [0.29, 0.717) is 44.0 Å². The van der Waals surface area contributed by atoms with E-state index < -0.39 is 0 Å². The fourth-order valence-corrected chi connectivity index (χ4v) is 6.60. The van der Waals surface area contributed by atoms with E-state index in [0.717, 1.165) is 74.8 Å². The molecule has 2 amide bonds. The number of likely N-dealkylation sites (tertiary alicyclic amines) is 1. The summed E-state index contributed by atoms with van der Waals surface area (Å²) in [6.07, 6.45) is 8.71. The summed E-state index contributed by atoms with van der Waals surface area (Å²) < 4.78 is 14.5. The van der Waals surface area contributed by atoms with Crippen molar-refractivity contribution in [3.05, 3.63) is 59.9 Å². The normalized spacial score (nSPS) is 22.0. The molecule has 40 heavy (non-hydrogen) atoms. The minimum Gasteiger partial charge on any atom is -0.493 e. The van der Waals surface area contributed by atoms with Crippen LogP contribution < -0.4 is 4.74 Å². The van der Waals surface area contributed by atoms with E-state index in [9.17, 15) is 9.59 Å². The third-order valence-corrected chi connectivity index (χ3v) is 9.14. The van der Waals surface area contributed by atoms with Crippen LogP contribution in [0, 0.1) is 5.41 Å². The molecule has 0 N–H and O–H groups in total. The molecule has 1 atom stereocenters. The topological polar surface area (TPSA) is 76.9 Å². The van der Waals surface area contributed by atoms with E-state index in [4.69, 9.17) is 9.47 Å². The van der Waals surface area contributed by atoms with Crippen LogP contribution in [0.25, 0.3) is 11.0 Å². The summed E-state index contributed by atoms with van der Waals surface area (Å²) in [7, 11) is 0. The molecule has 4 heterocycles. The summed E-state index contributed by atoms with van der Waals surface area (Å²) in [6.45, 7) is 7.04. The molecule has 1 spiro atoms. The molecule has 212 valence electrons. The van der Waals surface area contributed by atoms with Gasteiger partial charge in [-0.3, -0.25) is 9.59 Å². The van der Waals surface area contributed by atoms with Crippen molar-refractivity contribution in [3.8, 4) is 5.75 Å². The average Bonchev–Trinajstić information content (AvgIpc) is 3.64. The van der Waals surface area contributed by atoms with Crippen LogP contribution >= 0.6 is 0 Å². The highest BCUT2D eigenvalue weighted by atomic mass is 16.5. The van der Waals surface area contributed by atoms with Gasteiger partial charge >= 0.3 is 0 Å². The number of ether oxygens (including phenoxy) is 2. The molecule has 2 bridgehead atoms. The van der Waals surface area contributed by atoms with Gasteiger partial charge in [0.1, 0.15) is 5.75 Å². The predicted molar refractivity (Wildman–Crippen MR) is 154 cm³/mol. The van der Waals surface area contributed by atoms with Crippen molar-refractivity contribution in [2.24, 2.45) is 5.41 Å². The molecular weight excluding hydrogens is 504 g/mol. The van der Waals surface area contributed by atoms with Crippen LogP contribution in [0.3, 0.4) is 0 Å². The van der Waals surface area contributed by atoms with Crippen molar-refractivity contribution in [3.63, 3.8) is 0 Å². The number of amides is 2. The fourth-order valence-electron chi connectivity index (χ4n) is 6.60. The molecule has 0 saturated carbocycles. The molecule has 3 aliphatic heterocycles. The van der Waals surface area contributed by atoms with Crippen LogP contribution in [-0.2, 0) is 11.3 Å². The highest BCUT2D eigenvalue weighted by Crippen LogP contribution is 2.38. The minimum atomic E-state index is -0.0131. The molecule has 0 unspecified atom stereocenters. The van der Waals surface area contributed by atoms with E-state index >= 15 is 0 Å². The first kappa shape index (κ1) is 26.8. The number of rotatable bonds is 2. The molecule has 8 nitrogen and oxygen atoms in total. The summed E-state index contributed by atoms with van der Waals surface area (Å²) in [5, 5.41) is 0. The zero-order valence-corrected chi connectivity index (χ0v) is 23.5. The van der Waals surface area contributed by atoms with E-state index in [-0.39, 0.29) is 23.3 Å². The summed E-state index contributed by atoms with van der Waals surface area (Å²) in [5.41, 5.74) is 3.27. The number of piperidine rings is 1. The van der Waals surface area contributed by atoms with Gasteiger partial charge in [0.15, 0.2) is 0 Å². The van der Waals surface area contributed by atoms with Crippen LogP contribution in [0.5, 0.6) is 5.75 Å². The number of aromatic nitrogens is 2. The van der Waals surface area contributed by atoms with Crippen LogP contribution in [0.4, 0.5) is 0 Å². The zero-order valence-electron chi connectivity index (χ0n) is 23.5. The van der Waals surface area contributed by atoms with Crippen molar-refractivity contribution in [1.29, 1.82) is 0 Å². The smallest absolute Gasteiger partial charge is 0.254 e. The van der Waals surface area contributed by atoms with Gasteiger partial charge in [0.05, 0.1) is 36.6 Å². The van der Waals surface area contributed by atoms with Gasteiger partial charge in [-0.05, 0) is 81.8 Å². The Bertz CT molecular complexity index is 1360. The van der Waals surface area contributed by atoms with Gasteiger partial charge in [-0.15, -0.1) is 0 Å². The zero-order chi connectivity index (χ0) is 27.5. The Kier molecular flexibility index (Phi) is 7.78. The second-order valence-corrected chi connectivity index (χ2v) is 11.7. The first-order chi connectivity index (χ1) is 19.5. The lowest BCUT2D eigenvalue weighted by atomic mass is 9.75. The number of nitrogens with zero attached hydrogens (tertiary/aromatic N) is 4. The van der Waals surface area contributed by atoms with E-state index in [2.05, 4.69) is 16.5 Å². The molecule has 6 rings (SSSR count). The Balaban J connectivity index is 1.15. The lowest BCUT2D eigenvalue weighted by Crippen LogP contribution is -2.45. The predicted octanol–water partition coefficient (Wildman–Crippen LogP) is 5.16. The van der Waals surface area contributed by atoms with Gasteiger partial charge < -0.3 is 23.8 Å². The molecule has 3 aromatic rings. The van der Waals surface area contributed by atoms with Crippen molar-refractivity contribution in [2.45, 2.75) is 64.5 Å². The fraction of sp³-hybridized carbons (Fsp3) is 0.531. The van der Waals surface area contributed by atoms with E-state index in [1.807, 2.05) is 58.6 Å². The quantitative estimate of drug-likeness (QED) is 0.445. The average molecular weight is 545 g/mol. The molecule has 0 aliphatic carbocycles. The van der Waals surface area contributed by atoms with Gasteiger partial charge in [-0.2, -0.15) is 0 Å². The van der Waals surface area contributed by atoms with Crippen LogP contribution in [0.1, 0.15) is 72.6 Å². The third-order valence-electron chi connectivity index (χ3n) is 9.14. The number of carbonyl (C=O) groups is 2. The monoisotopic (exact) mass is 544 g/mol. The summed E-state index contributed by atoms with van der Waals surface area (Å²) in [6, 6.07) is 13.6. The number of hydrogen-bond donors (Lipinski definition) is 0. The third kappa shape index (κ3) is 5.46. The second kappa shape index (κ2) is 11.6. The van der Waals surface area contributed by atoms with Crippen molar-refractivity contribution >= 4 is 22.8 Å². The largest absolute Gasteiger partial charge is 0.493 e. The van der Waals surface area contributed by atoms with E-state index in [1.54, 1.807) is 0 Å². The number of fused-ring (bicyclic) bond motifs is 4. The standard InChI is InChI=1S/C32H40N4O4/c1-2-34-23-33-28-20-25(10-11-29(28)34)30(37)35-16-13-32(14-17-35)12-3-4-18-39-21-26-8-6-15-36(26)31(38)24-7-5-9-27(19-24)40-22-32/h5,7,9-11,19-20,23,26H,2-4,6,8,12-18,21-22H2,1H3/t26-/m0/s1. The molecule has 8 heteroatoms. The van der Waals surface area contributed by atoms with Gasteiger partial charge in [0.25, 0.3) is 11.8 Å². The Labute approximate surface area is 236 Å². The first-order valence-corrected chi connectivity index (χ1v) is 14.9. The first-order valence-electron chi connectivity index (χ1n) is 14.9. The van der Waals surface area contributed by atoms with E-state index in [1.165, 1.54) is 0 Å². The maximum absolute atomic E-state index is 13.4. The molecule has 2 saturated heterocycles. The van der Waals surface area contributed by atoms with Crippen LogP contribution in [-0.4, -0.2) is 76.7 Å². The summed E-state index contributed by atoms with van der Waals surface area (Å²) in [4.78, 5) is 35.2. The van der Waals surface area contributed by atoms with Crippen LogP contribution in [0.2, 0.25) is 0 Å². The Morgan fingerprint density at radius 1 is 1.05 bits per heavy atom. The molecule has 3 aliphatic rings. The number of aryl methyl sites for hydroxylation is 1. The highest BCUT2D eigenvalue weighted by Gasteiger charge is 2.37. The maximum Gasteiger partial charge on any atom is 0.254 e. The minimum absolute atomic E-state index is 0.0131.